The molecule has 5 heteroatoms. The first kappa shape index (κ1) is 14.0. The van der Waals surface area contributed by atoms with E-state index < -0.39 is 6.10 Å². The molecule has 0 aliphatic carbocycles. The molecule has 3 N–H and O–H groups in total. The normalized spacial score (nSPS) is 12.2. The highest BCUT2D eigenvalue weighted by Crippen LogP contribution is 2.28. The zero-order chi connectivity index (χ0) is 13.8. The van der Waals surface area contributed by atoms with Crippen molar-refractivity contribution in [3.63, 3.8) is 0 Å². The minimum absolute atomic E-state index is 0.0729. The second-order valence-corrected chi connectivity index (χ2v) is 4.92. The maximum Gasteiger partial charge on any atom is 0.139 e. The van der Waals surface area contributed by atoms with Crippen LogP contribution < -0.4 is 10.5 Å². The number of nitrogens with two attached hydrogens (primary N) is 1. The predicted molar refractivity (Wildman–Crippen MR) is 77.8 cm³/mol. The van der Waals surface area contributed by atoms with Crippen molar-refractivity contribution in [3.8, 4) is 5.75 Å². The number of hydrogen-bond acceptors (Lipinski definition) is 3. The lowest BCUT2D eigenvalue weighted by atomic mass is 10.1. The van der Waals surface area contributed by atoms with Gasteiger partial charge < -0.3 is 15.6 Å². The molecule has 2 aromatic carbocycles. The summed E-state index contributed by atoms with van der Waals surface area (Å²) in [5.41, 5.74) is 6.94. The van der Waals surface area contributed by atoms with Crippen molar-refractivity contribution < 1.29 is 9.84 Å². The molecule has 0 heterocycles. The third-order valence-electron chi connectivity index (χ3n) is 2.59. The van der Waals surface area contributed by atoms with Crippen molar-refractivity contribution in [2.75, 3.05) is 12.3 Å². The van der Waals surface area contributed by atoms with Gasteiger partial charge in [0.2, 0.25) is 0 Å². The number of ether oxygens (including phenoxy) is 1. The van der Waals surface area contributed by atoms with Crippen LogP contribution in [0.25, 0.3) is 0 Å². The van der Waals surface area contributed by atoms with E-state index in [2.05, 4.69) is 0 Å². The average molecular weight is 298 g/mol. The lowest BCUT2D eigenvalue weighted by Gasteiger charge is -2.14. The number of benzene rings is 2. The maximum absolute atomic E-state index is 10.0. The Labute approximate surface area is 121 Å². The van der Waals surface area contributed by atoms with E-state index in [-0.39, 0.29) is 6.61 Å². The highest BCUT2D eigenvalue weighted by atomic mass is 35.5. The van der Waals surface area contributed by atoms with Crippen LogP contribution >= 0.6 is 23.2 Å². The molecule has 0 saturated carbocycles. The summed E-state index contributed by atoms with van der Waals surface area (Å²) in [6.45, 7) is 0.0729. The Hall–Kier alpha value is -1.42. The highest BCUT2D eigenvalue weighted by Gasteiger charge is 2.10. The average Bonchev–Trinajstić information content (AvgIpc) is 2.39. The Kier molecular flexibility index (Phi) is 4.53. The fraction of sp³-hybridized carbons (Fsp3) is 0.143. The summed E-state index contributed by atoms with van der Waals surface area (Å²) in [5.74, 6) is 0.442. The van der Waals surface area contributed by atoms with E-state index in [1.54, 1.807) is 42.5 Å². The summed E-state index contributed by atoms with van der Waals surface area (Å²) < 4.78 is 5.47. The SMILES string of the molecule is Nc1cccc(C(O)COc2cc(Cl)ccc2Cl)c1. The van der Waals surface area contributed by atoms with Gasteiger partial charge >= 0.3 is 0 Å². The van der Waals surface area contributed by atoms with Crippen LogP contribution in [0.15, 0.2) is 42.5 Å². The first-order valence-corrected chi connectivity index (χ1v) is 6.43. The van der Waals surface area contributed by atoms with E-state index in [1.165, 1.54) is 0 Å². The van der Waals surface area contributed by atoms with Gasteiger partial charge in [-0.3, -0.25) is 0 Å². The van der Waals surface area contributed by atoms with Crippen LogP contribution in [0, 0.1) is 0 Å². The van der Waals surface area contributed by atoms with E-state index in [1.807, 2.05) is 0 Å². The molecule has 19 heavy (non-hydrogen) atoms. The lowest BCUT2D eigenvalue weighted by Crippen LogP contribution is -2.10. The number of hydrogen-bond donors (Lipinski definition) is 2. The number of aliphatic hydroxyl groups excluding tert-OH is 1. The van der Waals surface area contributed by atoms with Crippen LogP contribution in [0.4, 0.5) is 5.69 Å². The van der Waals surface area contributed by atoms with Crippen LogP contribution in [-0.4, -0.2) is 11.7 Å². The molecule has 0 fully saturated rings. The summed E-state index contributed by atoms with van der Waals surface area (Å²) in [7, 11) is 0. The summed E-state index contributed by atoms with van der Waals surface area (Å²) in [4.78, 5) is 0. The standard InChI is InChI=1S/C14H13Cl2NO2/c15-10-4-5-12(16)14(7-10)19-8-13(18)9-2-1-3-11(17)6-9/h1-7,13,18H,8,17H2. The molecular weight excluding hydrogens is 285 g/mol. The second-order valence-electron chi connectivity index (χ2n) is 4.07. The van der Waals surface area contributed by atoms with Crippen LogP contribution in [0.2, 0.25) is 10.0 Å². The zero-order valence-electron chi connectivity index (χ0n) is 10.0. The van der Waals surface area contributed by atoms with Gasteiger partial charge in [-0.25, -0.2) is 0 Å². The quantitative estimate of drug-likeness (QED) is 0.846. The molecule has 0 radical (unpaired) electrons. The van der Waals surface area contributed by atoms with E-state index in [0.29, 0.717) is 27.0 Å². The minimum atomic E-state index is -0.779. The molecule has 0 aliphatic rings. The zero-order valence-corrected chi connectivity index (χ0v) is 11.5. The Morgan fingerprint density at radius 3 is 2.68 bits per heavy atom. The van der Waals surface area contributed by atoms with Gasteiger partial charge in [0.1, 0.15) is 18.5 Å². The van der Waals surface area contributed by atoms with Gasteiger partial charge in [-0.2, -0.15) is 0 Å². The number of halogens is 2. The van der Waals surface area contributed by atoms with Crippen molar-refractivity contribution in [2.24, 2.45) is 0 Å². The van der Waals surface area contributed by atoms with Crippen molar-refractivity contribution in [1.82, 2.24) is 0 Å². The molecule has 2 aromatic rings. The summed E-state index contributed by atoms with van der Waals surface area (Å²) in [6.07, 6.45) is -0.779. The molecule has 0 bridgehead atoms. The van der Waals surface area contributed by atoms with E-state index in [4.69, 9.17) is 33.7 Å². The van der Waals surface area contributed by atoms with E-state index in [9.17, 15) is 5.11 Å². The fourth-order valence-electron chi connectivity index (χ4n) is 1.62. The minimum Gasteiger partial charge on any atom is -0.489 e. The Morgan fingerprint density at radius 1 is 1.16 bits per heavy atom. The summed E-state index contributed by atoms with van der Waals surface area (Å²) in [6, 6.07) is 11.9. The molecule has 0 saturated heterocycles. The number of rotatable bonds is 4. The molecule has 1 unspecified atom stereocenters. The lowest BCUT2D eigenvalue weighted by molar-refractivity contribution is 0.108. The molecule has 100 valence electrons. The Balaban J connectivity index is 2.04. The third-order valence-corrected chi connectivity index (χ3v) is 3.13. The van der Waals surface area contributed by atoms with Gasteiger partial charge in [-0.1, -0.05) is 35.3 Å². The van der Waals surface area contributed by atoms with Crippen molar-refractivity contribution in [3.05, 3.63) is 58.1 Å². The molecule has 1 atom stereocenters. The van der Waals surface area contributed by atoms with Crippen LogP contribution in [0.1, 0.15) is 11.7 Å². The van der Waals surface area contributed by atoms with Crippen LogP contribution in [0.3, 0.4) is 0 Å². The Bertz CT molecular complexity index is 575. The molecule has 0 aliphatic heterocycles. The topological polar surface area (TPSA) is 55.5 Å². The first-order valence-electron chi connectivity index (χ1n) is 5.67. The van der Waals surface area contributed by atoms with E-state index in [0.717, 1.165) is 0 Å². The largest absolute Gasteiger partial charge is 0.489 e. The van der Waals surface area contributed by atoms with Crippen LogP contribution in [0.5, 0.6) is 5.75 Å². The first-order chi connectivity index (χ1) is 9.06. The number of anilines is 1. The van der Waals surface area contributed by atoms with Crippen molar-refractivity contribution in [1.29, 1.82) is 0 Å². The van der Waals surface area contributed by atoms with Crippen LogP contribution in [-0.2, 0) is 0 Å². The summed E-state index contributed by atoms with van der Waals surface area (Å²) >= 11 is 11.8. The second kappa shape index (κ2) is 6.15. The van der Waals surface area contributed by atoms with Gasteiger partial charge in [0.05, 0.1) is 5.02 Å². The number of nitrogen functional groups attached to an aromatic ring is 1. The van der Waals surface area contributed by atoms with Gasteiger partial charge in [0.25, 0.3) is 0 Å². The summed E-state index contributed by atoms with van der Waals surface area (Å²) in [5, 5.41) is 11.0. The van der Waals surface area contributed by atoms with Crippen molar-refractivity contribution >= 4 is 28.9 Å². The molecule has 0 spiro atoms. The number of aliphatic hydroxyl groups is 1. The third kappa shape index (κ3) is 3.77. The van der Waals surface area contributed by atoms with Crippen molar-refractivity contribution in [2.45, 2.75) is 6.10 Å². The molecule has 0 aromatic heterocycles. The van der Waals surface area contributed by atoms with Gasteiger partial charge in [-0.05, 0) is 29.8 Å². The van der Waals surface area contributed by atoms with Gasteiger partial charge in [0.15, 0.2) is 0 Å². The smallest absolute Gasteiger partial charge is 0.139 e. The van der Waals surface area contributed by atoms with Gasteiger partial charge in [0, 0.05) is 16.8 Å². The molecule has 0 amide bonds. The predicted octanol–water partition coefficient (Wildman–Crippen LogP) is 3.69. The Morgan fingerprint density at radius 2 is 1.95 bits per heavy atom. The molecule has 3 nitrogen and oxygen atoms in total. The maximum atomic E-state index is 10.0. The monoisotopic (exact) mass is 297 g/mol. The fourth-order valence-corrected chi connectivity index (χ4v) is 1.95. The van der Waals surface area contributed by atoms with E-state index >= 15 is 0 Å². The molecule has 2 rings (SSSR count). The highest BCUT2D eigenvalue weighted by molar-refractivity contribution is 6.34. The molecular formula is C14H13Cl2NO2. The van der Waals surface area contributed by atoms with Gasteiger partial charge in [-0.15, -0.1) is 0 Å².